The van der Waals surface area contributed by atoms with Gasteiger partial charge in [-0.2, -0.15) is 5.10 Å². The first kappa shape index (κ1) is 20.2. The van der Waals surface area contributed by atoms with E-state index in [1.165, 1.54) is 19.3 Å². The number of hydrogen-bond acceptors (Lipinski definition) is 4. The Hall–Kier alpha value is -3.16. The van der Waals surface area contributed by atoms with Gasteiger partial charge in [-0.25, -0.2) is 0 Å². The molecular weight excluding hydrogens is 430 g/mol. The van der Waals surface area contributed by atoms with Crippen LogP contribution in [0.3, 0.4) is 0 Å². The number of nitrogens with one attached hydrogen (secondary N) is 1. The molecular formula is C26H29N5O3. The monoisotopic (exact) mass is 459 g/mol. The lowest BCUT2D eigenvalue weighted by Crippen LogP contribution is -2.47. The highest BCUT2D eigenvalue weighted by Crippen LogP contribution is 2.55. The van der Waals surface area contributed by atoms with Gasteiger partial charge in [0.15, 0.2) is 5.69 Å². The number of rotatable bonds is 2. The fourth-order valence-corrected chi connectivity index (χ4v) is 6.75. The fraction of sp³-hybridized carbons (Fsp3) is 0.538. The van der Waals surface area contributed by atoms with Crippen molar-refractivity contribution >= 4 is 23.4 Å². The summed E-state index contributed by atoms with van der Waals surface area (Å²) in [6, 6.07) is 8.80. The largest absolute Gasteiger partial charge is 0.340 e. The molecule has 1 aromatic heterocycles. The first-order valence-electron chi connectivity index (χ1n) is 12.6. The number of aromatic nitrogens is 2. The van der Waals surface area contributed by atoms with Gasteiger partial charge in [0.25, 0.3) is 11.8 Å². The third-order valence-electron chi connectivity index (χ3n) is 8.87. The molecule has 8 nitrogen and oxygen atoms in total. The summed E-state index contributed by atoms with van der Waals surface area (Å²) in [6.07, 6.45) is 6.62. The Morgan fingerprint density at radius 3 is 2.62 bits per heavy atom. The summed E-state index contributed by atoms with van der Waals surface area (Å²) in [5.41, 5.74) is 2.43. The lowest BCUT2D eigenvalue weighted by atomic mass is 10.0. The van der Waals surface area contributed by atoms with E-state index < -0.39 is 6.04 Å². The molecule has 4 fully saturated rings. The van der Waals surface area contributed by atoms with Crippen molar-refractivity contribution in [2.24, 2.45) is 17.3 Å². The molecule has 3 amide bonds. The normalized spacial score (nSPS) is 28.4. The molecule has 1 aromatic carbocycles. The van der Waals surface area contributed by atoms with E-state index in [4.69, 9.17) is 0 Å². The van der Waals surface area contributed by atoms with Crippen molar-refractivity contribution < 1.29 is 14.4 Å². The summed E-state index contributed by atoms with van der Waals surface area (Å²) in [4.78, 5) is 43.9. The van der Waals surface area contributed by atoms with Crippen LogP contribution < -0.4 is 5.32 Å². The highest BCUT2D eigenvalue weighted by atomic mass is 16.2. The Bertz CT molecular complexity index is 1200. The third kappa shape index (κ3) is 3.11. The number of amides is 3. The zero-order chi connectivity index (χ0) is 23.0. The summed E-state index contributed by atoms with van der Waals surface area (Å²) in [6.45, 7) is 2.71. The van der Waals surface area contributed by atoms with Crippen molar-refractivity contribution in [1.29, 1.82) is 0 Å². The van der Waals surface area contributed by atoms with E-state index in [1.54, 1.807) is 15.6 Å². The molecule has 2 saturated heterocycles. The molecule has 0 unspecified atom stereocenters. The minimum absolute atomic E-state index is 0.0960. The number of hydrogen-bond donors (Lipinski definition) is 1. The van der Waals surface area contributed by atoms with E-state index in [0.29, 0.717) is 30.6 Å². The number of para-hydroxylation sites is 1. The van der Waals surface area contributed by atoms with E-state index in [9.17, 15) is 14.4 Å². The Labute approximate surface area is 198 Å². The minimum atomic E-state index is -0.412. The van der Waals surface area contributed by atoms with E-state index in [-0.39, 0.29) is 28.8 Å². The molecule has 8 heteroatoms. The molecule has 0 radical (unpaired) electrons. The quantitative estimate of drug-likeness (QED) is 0.748. The van der Waals surface area contributed by atoms with Crippen LogP contribution in [0.15, 0.2) is 30.3 Å². The third-order valence-corrected chi connectivity index (χ3v) is 8.87. The zero-order valence-electron chi connectivity index (χ0n) is 19.2. The molecule has 2 aliphatic carbocycles. The van der Waals surface area contributed by atoms with Crippen LogP contribution in [-0.4, -0.2) is 63.0 Å². The van der Waals surface area contributed by atoms with Crippen LogP contribution in [0.25, 0.3) is 0 Å². The summed E-state index contributed by atoms with van der Waals surface area (Å²) in [5, 5.41) is 7.47. The zero-order valence-corrected chi connectivity index (χ0v) is 19.2. The average Bonchev–Trinajstić information content (AvgIpc) is 3.21. The van der Waals surface area contributed by atoms with Gasteiger partial charge < -0.3 is 15.1 Å². The van der Waals surface area contributed by atoms with Crippen LogP contribution in [-0.2, 0) is 11.3 Å². The Kier molecular flexibility index (Phi) is 4.27. The van der Waals surface area contributed by atoms with Crippen molar-refractivity contribution in [3.8, 4) is 0 Å². The number of carbonyl (C=O) groups excluding carboxylic acids is 3. The smallest absolute Gasteiger partial charge is 0.275 e. The topological polar surface area (TPSA) is 87.5 Å². The number of likely N-dealkylation sites (tertiary alicyclic amines) is 2. The van der Waals surface area contributed by atoms with Gasteiger partial charge in [0, 0.05) is 31.4 Å². The molecule has 7 rings (SSSR count). The standard InChI is InChI=1S/C26H29N5O3/c32-23-21-10-20(28-31(21)14-18-4-1-2-7-19(18)27-23)24(33)30-15-26(8-9-26)11-22(30)25(34)29-12-16-5-3-6-17(16)13-29/h1-2,4,7,10,16-17,22H,3,5-6,8-9,11-15H2,(H,27,32)/t16-,17+,22-/m1/s1. The van der Waals surface area contributed by atoms with Gasteiger partial charge in [-0.3, -0.25) is 19.1 Å². The van der Waals surface area contributed by atoms with E-state index in [1.807, 2.05) is 29.2 Å². The van der Waals surface area contributed by atoms with Gasteiger partial charge in [-0.05, 0) is 61.0 Å². The fourth-order valence-electron chi connectivity index (χ4n) is 6.75. The van der Waals surface area contributed by atoms with Gasteiger partial charge in [0.05, 0.1) is 6.54 Å². The summed E-state index contributed by atoms with van der Waals surface area (Å²) in [5.74, 6) is 0.874. The van der Waals surface area contributed by atoms with Crippen LogP contribution in [0.2, 0.25) is 0 Å². The second kappa shape index (κ2) is 7.17. The highest BCUT2D eigenvalue weighted by molar-refractivity contribution is 6.06. The van der Waals surface area contributed by atoms with Gasteiger partial charge >= 0.3 is 0 Å². The maximum atomic E-state index is 13.7. The van der Waals surface area contributed by atoms with E-state index in [2.05, 4.69) is 10.4 Å². The van der Waals surface area contributed by atoms with Crippen molar-refractivity contribution in [3.63, 3.8) is 0 Å². The van der Waals surface area contributed by atoms with Crippen LogP contribution in [0.4, 0.5) is 5.69 Å². The second-order valence-electron chi connectivity index (χ2n) is 11.0. The van der Waals surface area contributed by atoms with E-state index in [0.717, 1.165) is 43.6 Å². The summed E-state index contributed by atoms with van der Waals surface area (Å²) >= 11 is 0. The van der Waals surface area contributed by atoms with Crippen LogP contribution in [0.5, 0.6) is 0 Å². The molecule has 2 aromatic rings. The first-order valence-corrected chi connectivity index (χ1v) is 12.6. The van der Waals surface area contributed by atoms with E-state index >= 15 is 0 Å². The molecule has 1 spiro atoms. The molecule has 3 aliphatic heterocycles. The molecule has 4 heterocycles. The second-order valence-corrected chi connectivity index (χ2v) is 11.0. The van der Waals surface area contributed by atoms with Gasteiger partial charge in [0.1, 0.15) is 11.7 Å². The highest BCUT2D eigenvalue weighted by Gasteiger charge is 2.56. The maximum absolute atomic E-state index is 13.7. The lowest BCUT2D eigenvalue weighted by Gasteiger charge is -2.28. The van der Waals surface area contributed by atoms with Crippen molar-refractivity contribution in [2.75, 3.05) is 25.0 Å². The molecule has 1 N–H and O–H groups in total. The molecule has 0 bridgehead atoms. The van der Waals surface area contributed by atoms with Crippen molar-refractivity contribution in [1.82, 2.24) is 19.6 Å². The van der Waals surface area contributed by atoms with Crippen LogP contribution in [0, 0.1) is 17.3 Å². The predicted octanol–water partition coefficient (Wildman–Crippen LogP) is 2.75. The SMILES string of the molecule is O=C1Nc2ccccc2Cn2nc(C(=O)N3CC4(CC4)C[C@@H]3C(=O)N3C[C@H]4CCC[C@H]4C3)cc21. The van der Waals surface area contributed by atoms with Crippen LogP contribution >= 0.6 is 0 Å². The van der Waals surface area contributed by atoms with Gasteiger partial charge in [-0.1, -0.05) is 24.6 Å². The first-order chi connectivity index (χ1) is 16.5. The number of benzene rings is 1. The molecule has 34 heavy (non-hydrogen) atoms. The summed E-state index contributed by atoms with van der Waals surface area (Å²) < 4.78 is 1.61. The molecule has 2 saturated carbocycles. The lowest BCUT2D eigenvalue weighted by molar-refractivity contribution is -0.134. The van der Waals surface area contributed by atoms with Crippen molar-refractivity contribution in [3.05, 3.63) is 47.3 Å². The predicted molar refractivity (Wildman–Crippen MR) is 124 cm³/mol. The van der Waals surface area contributed by atoms with Gasteiger partial charge in [-0.15, -0.1) is 0 Å². The number of anilines is 1. The maximum Gasteiger partial charge on any atom is 0.275 e. The van der Waals surface area contributed by atoms with Crippen molar-refractivity contribution in [2.45, 2.75) is 51.1 Å². The van der Waals surface area contributed by atoms with Gasteiger partial charge in [0.2, 0.25) is 5.91 Å². The summed E-state index contributed by atoms with van der Waals surface area (Å²) in [7, 11) is 0. The molecule has 3 atom stereocenters. The average molecular weight is 460 g/mol. The number of nitrogens with zero attached hydrogens (tertiary/aromatic N) is 4. The van der Waals surface area contributed by atoms with Crippen LogP contribution in [0.1, 0.15) is 65.1 Å². The molecule has 5 aliphatic rings. The molecule has 176 valence electrons. The Morgan fingerprint density at radius 1 is 1.09 bits per heavy atom. The Balaban J connectivity index is 1.16. The Morgan fingerprint density at radius 2 is 1.85 bits per heavy atom. The number of carbonyl (C=O) groups is 3. The number of fused-ring (bicyclic) bond motifs is 3. The minimum Gasteiger partial charge on any atom is -0.340 e.